The van der Waals surface area contributed by atoms with E-state index in [-0.39, 0.29) is 11.9 Å². The Balaban J connectivity index is 1.66. The van der Waals surface area contributed by atoms with E-state index >= 15 is 0 Å². The standard InChI is InChI=1S/C18H23N3O2S/c1-2-23-16-7-5-13(6-8-16)18-20-14(12-24-18)10-17(22)21-9-3-4-15(21)11-19/h5-8,12,15H,2-4,9-11,19H2,1H3. The van der Waals surface area contributed by atoms with Crippen molar-refractivity contribution in [2.45, 2.75) is 32.2 Å². The molecule has 2 N–H and O–H groups in total. The van der Waals surface area contributed by atoms with Gasteiger partial charge in [0.15, 0.2) is 0 Å². The summed E-state index contributed by atoms with van der Waals surface area (Å²) in [7, 11) is 0. The SMILES string of the molecule is CCOc1ccc(-c2nc(CC(=O)N3CCCC3CN)cs2)cc1. The largest absolute Gasteiger partial charge is 0.494 e. The molecule has 1 aromatic carbocycles. The van der Waals surface area contributed by atoms with E-state index in [1.165, 1.54) is 0 Å². The highest BCUT2D eigenvalue weighted by Gasteiger charge is 2.27. The molecule has 1 unspecified atom stereocenters. The second kappa shape index (κ2) is 7.77. The van der Waals surface area contributed by atoms with Gasteiger partial charge in [-0.25, -0.2) is 4.98 Å². The summed E-state index contributed by atoms with van der Waals surface area (Å²) >= 11 is 1.57. The normalized spacial score (nSPS) is 17.2. The summed E-state index contributed by atoms with van der Waals surface area (Å²) in [6.45, 7) is 3.98. The van der Waals surface area contributed by atoms with E-state index in [4.69, 9.17) is 10.5 Å². The second-order valence-corrected chi connectivity index (χ2v) is 6.76. The topological polar surface area (TPSA) is 68.5 Å². The van der Waals surface area contributed by atoms with Crippen molar-refractivity contribution in [1.82, 2.24) is 9.88 Å². The summed E-state index contributed by atoms with van der Waals surface area (Å²) < 4.78 is 5.45. The van der Waals surface area contributed by atoms with Crippen molar-refractivity contribution in [3.05, 3.63) is 35.3 Å². The molecule has 0 aliphatic carbocycles. The minimum atomic E-state index is 0.131. The minimum absolute atomic E-state index is 0.131. The molecule has 6 heteroatoms. The van der Waals surface area contributed by atoms with Gasteiger partial charge >= 0.3 is 0 Å². The smallest absolute Gasteiger partial charge is 0.228 e. The Kier molecular flexibility index (Phi) is 5.48. The average Bonchev–Trinajstić information content (AvgIpc) is 3.24. The maximum Gasteiger partial charge on any atom is 0.228 e. The maximum atomic E-state index is 12.5. The molecule has 2 aromatic rings. The van der Waals surface area contributed by atoms with Gasteiger partial charge < -0.3 is 15.4 Å². The molecule has 1 amide bonds. The number of hydrogen-bond acceptors (Lipinski definition) is 5. The van der Waals surface area contributed by atoms with Crippen molar-refractivity contribution >= 4 is 17.2 Å². The Hall–Kier alpha value is -1.92. The first kappa shape index (κ1) is 16.9. The number of thiazole rings is 1. The van der Waals surface area contributed by atoms with Gasteiger partial charge in [-0.05, 0) is 44.0 Å². The van der Waals surface area contributed by atoms with Crippen molar-refractivity contribution in [3.8, 4) is 16.3 Å². The van der Waals surface area contributed by atoms with Crippen LogP contribution in [0.25, 0.3) is 10.6 Å². The van der Waals surface area contributed by atoms with Crippen LogP contribution in [0.15, 0.2) is 29.6 Å². The van der Waals surface area contributed by atoms with Gasteiger partial charge in [0.05, 0.1) is 18.7 Å². The molecule has 0 bridgehead atoms. The zero-order chi connectivity index (χ0) is 16.9. The lowest BCUT2D eigenvalue weighted by molar-refractivity contribution is -0.131. The summed E-state index contributed by atoms with van der Waals surface area (Å²) in [6, 6.07) is 8.09. The van der Waals surface area contributed by atoms with E-state index in [9.17, 15) is 4.79 Å². The molecule has 1 aliphatic rings. The molecular weight excluding hydrogens is 322 g/mol. The molecule has 1 aromatic heterocycles. The number of likely N-dealkylation sites (tertiary alicyclic amines) is 1. The van der Waals surface area contributed by atoms with Crippen LogP contribution in [0.4, 0.5) is 0 Å². The van der Waals surface area contributed by atoms with E-state index in [0.717, 1.165) is 41.4 Å². The minimum Gasteiger partial charge on any atom is -0.494 e. The number of nitrogens with two attached hydrogens (primary N) is 1. The lowest BCUT2D eigenvalue weighted by atomic mass is 10.2. The summed E-state index contributed by atoms with van der Waals surface area (Å²) in [5.41, 5.74) is 7.63. The number of amides is 1. The first-order valence-electron chi connectivity index (χ1n) is 8.38. The Morgan fingerprint density at radius 1 is 1.42 bits per heavy atom. The molecule has 3 rings (SSSR count). The molecule has 5 nitrogen and oxygen atoms in total. The summed E-state index contributed by atoms with van der Waals surface area (Å²) in [6.07, 6.45) is 2.41. The van der Waals surface area contributed by atoms with E-state index in [1.54, 1.807) is 11.3 Å². The maximum absolute atomic E-state index is 12.5. The van der Waals surface area contributed by atoms with E-state index in [1.807, 2.05) is 41.5 Å². The number of benzene rings is 1. The fourth-order valence-electron chi connectivity index (χ4n) is 3.05. The fraction of sp³-hybridized carbons (Fsp3) is 0.444. The van der Waals surface area contributed by atoms with Crippen LogP contribution in [0.2, 0.25) is 0 Å². The van der Waals surface area contributed by atoms with Crippen LogP contribution < -0.4 is 10.5 Å². The van der Waals surface area contributed by atoms with Gasteiger partial charge in [0.1, 0.15) is 10.8 Å². The highest BCUT2D eigenvalue weighted by molar-refractivity contribution is 7.13. The number of hydrogen-bond donors (Lipinski definition) is 1. The molecule has 1 saturated heterocycles. The van der Waals surface area contributed by atoms with Gasteiger partial charge in [-0.3, -0.25) is 4.79 Å². The lowest BCUT2D eigenvalue weighted by Gasteiger charge is -2.23. The van der Waals surface area contributed by atoms with Crippen LogP contribution in [0.3, 0.4) is 0 Å². The molecule has 0 spiro atoms. The Morgan fingerprint density at radius 3 is 2.92 bits per heavy atom. The summed E-state index contributed by atoms with van der Waals surface area (Å²) in [5, 5.41) is 2.90. The molecule has 0 saturated carbocycles. The van der Waals surface area contributed by atoms with Gasteiger partial charge in [0, 0.05) is 30.1 Å². The Morgan fingerprint density at radius 2 is 2.21 bits per heavy atom. The van der Waals surface area contributed by atoms with E-state index in [2.05, 4.69) is 4.98 Å². The molecule has 1 atom stereocenters. The van der Waals surface area contributed by atoms with Gasteiger partial charge in [-0.1, -0.05) is 0 Å². The van der Waals surface area contributed by atoms with Crippen LogP contribution in [-0.4, -0.2) is 41.5 Å². The predicted octanol–water partition coefficient (Wildman–Crippen LogP) is 2.70. The first-order chi connectivity index (χ1) is 11.7. The van der Waals surface area contributed by atoms with Crippen molar-refractivity contribution in [3.63, 3.8) is 0 Å². The molecule has 2 heterocycles. The lowest BCUT2D eigenvalue weighted by Crippen LogP contribution is -2.40. The van der Waals surface area contributed by atoms with E-state index in [0.29, 0.717) is 19.6 Å². The molecule has 128 valence electrons. The predicted molar refractivity (Wildman–Crippen MR) is 96.2 cm³/mol. The third-order valence-corrected chi connectivity index (χ3v) is 5.21. The number of ether oxygens (including phenoxy) is 1. The number of aromatic nitrogens is 1. The van der Waals surface area contributed by atoms with Gasteiger partial charge in [0.2, 0.25) is 5.91 Å². The highest BCUT2D eigenvalue weighted by Crippen LogP contribution is 2.26. The molecular formula is C18H23N3O2S. The van der Waals surface area contributed by atoms with Gasteiger partial charge in [0.25, 0.3) is 0 Å². The van der Waals surface area contributed by atoms with Crippen molar-refractivity contribution in [2.24, 2.45) is 5.73 Å². The summed E-state index contributed by atoms with van der Waals surface area (Å²) in [5.74, 6) is 0.988. The third kappa shape index (κ3) is 3.76. The quantitative estimate of drug-likeness (QED) is 0.874. The van der Waals surface area contributed by atoms with Gasteiger partial charge in [-0.15, -0.1) is 11.3 Å². The number of nitrogens with zero attached hydrogens (tertiary/aromatic N) is 2. The van der Waals surface area contributed by atoms with Crippen LogP contribution in [-0.2, 0) is 11.2 Å². The Labute approximate surface area is 146 Å². The van der Waals surface area contributed by atoms with Crippen LogP contribution >= 0.6 is 11.3 Å². The molecule has 24 heavy (non-hydrogen) atoms. The summed E-state index contributed by atoms with van der Waals surface area (Å²) in [4.78, 5) is 19.0. The first-order valence-corrected chi connectivity index (χ1v) is 9.26. The average molecular weight is 345 g/mol. The Bertz CT molecular complexity index is 684. The van der Waals surface area contributed by atoms with Crippen LogP contribution in [0.1, 0.15) is 25.5 Å². The molecule has 0 radical (unpaired) electrons. The van der Waals surface area contributed by atoms with E-state index < -0.39 is 0 Å². The number of rotatable bonds is 6. The van der Waals surface area contributed by atoms with Gasteiger partial charge in [-0.2, -0.15) is 0 Å². The highest BCUT2D eigenvalue weighted by atomic mass is 32.1. The van der Waals surface area contributed by atoms with Crippen molar-refractivity contribution < 1.29 is 9.53 Å². The van der Waals surface area contributed by atoms with Crippen molar-refractivity contribution in [1.29, 1.82) is 0 Å². The van der Waals surface area contributed by atoms with Crippen LogP contribution in [0.5, 0.6) is 5.75 Å². The second-order valence-electron chi connectivity index (χ2n) is 5.90. The fourth-order valence-corrected chi connectivity index (χ4v) is 3.87. The third-order valence-electron chi connectivity index (χ3n) is 4.27. The van der Waals surface area contributed by atoms with Crippen LogP contribution in [0, 0.1) is 0 Å². The number of carbonyl (C=O) groups excluding carboxylic acids is 1. The zero-order valence-electron chi connectivity index (χ0n) is 13.9. The van der Waals surface area contributed by atoms with Crippen molar-refractivity contribution in [2.75, 3.05) is 19.7 Å². The zero-order valence-corrected chi connectivity index (χ0v) is 14.7. The molecule has 1 aliphatic heterocycles. The molecule has 1 fully saturated rings. The monoisotopic (exact) mass is 345 g/mol. The number of carbonyl (C=O) groups is 1.